The maximum Gasteiger partial charge on any atom is 0.416 e. The van der Waals surface area contributed by atoms with E-state index in [1.807, 2.05) is 16.0 Å². The molecule has 0 aliphatic carbocycles. The molecule has 0 radical (unpaired) electrons. The van der Waals surface area contributed by atoms with Crippen LogP contribution in [-0.2, 0) is 27.4 Å². The van der Waals surface area contributed by atoms with Crippen molar-refractivity contribution in [2.45, 2.75) is 17.5 Å². The van der Waals surface area contributed by atoms with Gasteiger partial charge in [-0.2, -0.15) is 17.5 Å². The molecular formula is C18H17F3N4O3S2. The fourth-order valence-electron chi connectivity index (χ4n) is 3.27. The lowest BCUT2D eigenvalue weighted by Crippen LogP contribution is -2.50. The standard InChI is InChI=1S/C18H17F3N4O3S2/c19-18(20,21)13-1-3-15(4-2-13)30(27,28)25-7-5-23(6-8-25)16(26)11-14-12-24-9-10-29-17(24)22-14/h1-4,9-10,12H,5-8,11H2. The summed E-state index contributed by atoms with van der Waals surface area (Å²) in [6.07, 6.45) is -0.764. The van der Waals surface area contributed by atoms with Crippen molar-refractivity contribution in [1.82, 2.24) is 18.6 Å². The van der Waals surface area contributed by atoms with Gasteiger partial charge in [-0.3, -0.25) is 9.20 Å². The molecule has 7 nitrogen and oxygen atoms in total. The van der Waals surface area contributed by atoms with Gasteiger partial charge in [0.2, 0.25) is 15.9 Å². The third-order valence-corrected chi connectivity index (χ3v) is 7.57. The lowest BCUT2D eigenvalue weighted by Gasteiger charge is -2.34. The third-order valence-electron chi connectivity index (χ3n) is 4.89. The smallest absolute Gasteiger partial charge is 0.340 e. The number of alkyl halides is 3. The zero-order chi connectivity index (χ0) is 21.5. The van der Waals surface area contributed by atoms with Crippen molar-refractivity contribution in [3.05, 3.63) is 53.3 Å². The number of imidazole rings is 1. The van der Waals surface area contributed by atoms with Gasteiger partial charge in [0, 0.05) is 44.0 Å². The van der Waals surface area contributed by atoms with Gasteiger partial charge in [0.05, 0.1) is 22.6 Å². The number of amides is 1. The van der Waals surface area contributed by atoms with E-state index in [0.717, 1.165) is 29.2 Å². The maximum absolute atomic E-state index is 12.7. The normalized spacial score (nSPS) is 16.3. The van der Waals surface area contributed by atoms with E-state index in [-0.39, 0.29) is 43.4 Å². The molecule has 3 heterocycles. The molecule has 0 bridgehead atoms. The lowest BCUT2D eigenvalue weighted by atomic mass is 10.2. The molecule has 2 aromatic heterocycles. The van der Waals surface area contributed by atoms with Crippen LogP contribution >= 0.6 is 11.3 Å². The first-order valence-electron chi connectivity index (χ1n) is 9.01. The molecule has 1 aromatic carbocycles. The van der Waals surface area contributed by atoms with Crippen molar-refractivity contribution in [3.8, 4) is 0 Å². The average molecular weight is 458 g/mol. The quantitative estimate of drug-likeness (QED) is 0.602. The molecule has 30 heavy (non-hydrogen) atoms. The molecule has 3 aromatic rings. The van der Waals surface area contributed by atoms with Crippen LogP contribution in [0, 0.1) is 0 Å². The largest absolute Gasteiger partial charge is 0.416 e. The molecule has 1 saturated heterocycles. The molecule has 1 aliphatic rings. The monoisotopic (exact) mass is 458 g/mol. The van der Waals surface area contributed by atoms with Gasteiger partial charge in [0.25, 0.3) is 0 Å². The molecule has 0 unspecified atom stereocenters. The first-order chi connectivity index (χ1) is 14.1. The number of carbonyl (C=O) groups is 1. The molecule has 12 heteroatoms. The van der Waals surface area contributed by atoms with Crippen molar-refractivity contribution in [1.29, 1.82) is 0 Å². The van der Waals surface area contributed by atoms with Crippen molar-refractivity contribution >= 4 is 32.2 Å². The SMILES string of the molecule is O=C(Cc1cn2ccsc2n1)N1CCN(S(=O)(=O)c2ccc(C(F)(F)F)cc2)CC1. The van der Waals surface area contributed by atoms with Crippen LogP contribution in [0.4, 0.5) is 13.2 Å². The van der Waals surface area contributed by atoms with E-state index >= 15 is 0 Å². The predicted octanol–water partition coefficient (Wildman–Crippen LogP) is 2.49. The minimum atomic E-state index is -4.53. The summed E-state index contributed by atoms with van der Waals surface area (Å²) in [6.45, 7) is 0.572. The number of fused-ring (bicyclic) bond motifs is 1. The number of aromatic nitrogens is 2. The molecule has 0 N–H and O–H groups in total. The molecule has 1 aliphatic heterocycles. The second-order valence-corrected chi connectivity index (χ2v) is 9.62. The zero-order valence-corrected chi connectivity index (χ0v) is 17.2. The second kappa shape index (κ2) is 7.67. The third kappa shape index (κ3) is 4.07. The van der Waals surface area contributed by atoms with Crippen LogP contribution in [0.2, 0.25) is 0 Å². The Hall–Kier alpha value is -2.44. The Morgan fingerprint density at radius 1 is 1.10 bits per heavy atom. The Morgan fingerprint density at radius 2 is 1.77 bits per heavy atom. The van der Waals surface area contributed by atoms with E-state index in [0.29, 0.717) is 5.69 Å². The van der Waals surface area contributed by atoms with E-state index < -0.39 is 21.8 Å². The van der Waals surface area contributed by atoms with Gasteiger partial charge in [-0.15, -0.1) is 11.3 Å². The van der Waals surface area contributed by atoms with Gasteiger partial charge < -0.3 is 4.90 Å². The van der Waals surface area contributed by atoms with Crippen LogP contribution < -0.4 is 0 Å². The topological polar surface area (TPSA) is 75.0 Å². The van der Waals surface area contributed by atoms with Crippen LogP contribution in [0.3, 0.4) is 0 Å². The average Bonchev–Trinajstić information content (AvgIpc) is 3.29. The molecule has 1 amide bonds. The number of halogens is 3. The van der Waals surface area contributed by atoms with Crippen molar-refractivity contribution in [2.75, 3.05) is 26.2 Å². The Balaban J connectivity index is 1.38. The summed E-state index contributed by atoms with van der Waals surface area (Å²) in [5.74, 6) is -0.146. The van der Waals surface area contributed by atoms with E-state index in [1.165, 1.54) is 15.6 Å². The molecule has 4 rings (SSSR count). The van der Waals surface area contributed by atoms with E-state index in [1.54, 1.807) is 11.1 Å². The number of nitrogens with zero attached hydrogens (tertiary/aromatic N) is 4. The summed E-state index contributed by atoms with van der Waals surface area (Å²) >= 11 is 1.47. The number of carbonyl (C=O) groups excluding carboxylic acids is 1. The van der Waals surface area contributed by atoms with Crippen LogP contribution in [0.15, 0.2) is 46.9 Å². The van der Waals surface area contributed by atoms with Crippen LogP contribution in [0.25, 0.3) is 4.96 Å². The lowest BCUT2D eigenvalue weighted by molar-refractivity contribution is -0.137. The van der Waals surface area contributed by atoms with Gasteiger partial charge in [0.15, 0.2) is 4.96 Å². The number of benzene rings is 1. The second-order valence-electron chi connectivity index (χ2n) is 6.81. The Bertz CT molecular complexity index is 1130. The number of sulfonamides is 1. The fraction of sp³-hybridized carbons (Fsp3) is 0.333. The molecule has 0 atom stereocenters. The van der Waals surface area contributed by atoms with Crippen LogP contribution in [0.5, 0.6) is 0 Å². The van der Waals surface area contributed by atoms with Gasteiger partial charge in [-0.05, 0) is 24.3 Å². The van der Waals surface area contributed by atoms with Crippen molar-refractivity contribution in [3.63, 3.8) is 0 Å². The highest BCUT2D eigenvalue weighted by atomic mass is 32.2. The number of rotatable bonds is 4. The molecule has 160 valence electrons. The van der Waals surface area contributed by atoms with Gasteiger partial charge in [-0.25, -0.2) is 13.4 Å². The summed E-state index contributed by atoms with van der Waals surface area (Å²) < 4.78 is 66.5. The Labute approximate surface area is 174 Å². The Kier molecular flexibility index (Phi) is 5.32. The summed E-state index contributed by atoms with van der Waals surface area (Å²) in [5.41, 5.74) is -0.261. The molecule has 0 spiro atoms. The van der Waals surface area contributed by atoms with E-state index in [4.69, 9.17) is 0 Å². The first kappa shape index (κ1) is 20.8. The fourth-order valence-corrected chi connectivity index (χ4v) is 5.41. The van der Waals surface area contributed by atoms with Crippen LogP contribution in [-0.4, -0.2) is 59.1 Å². The maximum atomic E-state index is 12.7. The molecular weight excluding hydrogens is 441 g/mol. The number of piperazine rings is 1. The van der Waals surface area contributed by atoms with Gasteiger partial charge in [-0.1, -0.05) is 0 Å². The highest BCUT2D eigenvalue weighted by Gasteiger charge is 2.33. The van der Waals surface area contributed by atoms with Gasteiger partial charge in [0.1, 0.15) is 0 Å². The number of hydrogen-bond donors (Lipinski definition) is 0. The highest BCUT2D eigenvalue weighted by Crippen LogP contribution is 2.30. The summed E-state index contributed by atoms with van der Waals surface area (Å²) in [6, 6.07) is 3.42. The predicted molar refractivity (Wildman–Crippen MR) is 104 cm³/mol. The highest BCUT2D eigenvalue weighted by molar-refractivity contribution is 7.89. The molecule has 1 fully saturated rings. The minimum Gasteiger partial charge on any atom is -0.340 e. The summed E-state index contributed by atoms with van der Waals surface area (Å²) in [4.78, 5) is 19.1. The zero-order valence-electron chi connectivity index (χ0n) is 15.5. The molecule has 0 saturated carbocycles. The van der Waals surface area contributed by atoms with Crippen molar-refractivity contribution < 1.29 is 26.4 Å². The Morgan fingerprint density at radius 3 is 2.37 bits per heavy atom. The van der Waals surface area contributed by atoms with E-state index in [9.17, 15) is 26.4 Å². The van der Waals surface area contributed by atoms with Crippen molar-refractivity contribution in [2.24, 2.45) is 0 Å². The minimum absolute atomic E-state index is 0.0768. The van der Waals surface area contributed by atoms with Gasteiger partial charge >= 0.3 is 6.18 Å². The first-order valence-corrected chi connectivity index (χ1v) is 11.3. The summed E-state index contributed by atoms with van der Waals surface area (Å²) in [7, 11) is -3.93. The number of thiazole rings is 1. The van der Waals surface area contributed by atoms with E-state index in [2.05, 4.69) is 4.98 Å². The number of hydrogen-bond acceptors (Lipinski definition) is 5. The van der Waals surface area contributed by atoms with Crippen LogP contribution in [0.1, 0.15) is 11.3 Å². The summed E-state index contributed by atoms with van der Waals surface area (Å²) in [5, 5.41) is 1.89.